The van der Waals surface area contributed by atoms with Gasteiger partial charge in [-0.15, -0.1) is 0 Å². The Morgan fingerprint density at radius 3 is 2.15 bits per heavy atom. The van der Waals surface area contributed by atoms with Gasteiger partial charge < -0.3 is 14.2 Å². The molecule has 5 nitrogen and oxygen atoms in total. The lowest BCUT2D eigenvalue weighted by molar-refractivity contribution is -0.129. The molecule has 0 spiro atoms. The molecule has 0 saturated carbocycles. The van der Waals surface area contributed by atoms with Crippen LogP contribution in [0.5, 0.6) is 11.5 Å². The largest absolute Gasteiger partial charge is 0.497 e. The van der Waals surface area contributed by atoms with Crippen molar-refractivity contribution in [1.29, 1.82) is 0 Å². The van der Waals surface area contributed by atoms with E-state index in [1.807, 2.05) is 12.1 Å². The summed E-state index contributed by atoms with van der Waals surface area (Å²) >= 11 is 0. The van der Waals surface area contributed by atoms with Crippen LogP contribution in [0, 0.1) is 0 Å². The molecular weight excluding hydrogens is 330 g/mol. The SMILES string of the molecule is COc1cc(OC)cc(C2=N/C(=C/c3ccc(C(C)C)cc3)C(=O)O2)c1. The van der Waals surface area contributed by atoms with Gasteiger partial charge in [0.05, 0.1) is 14.2 Å². The maximum absolute atomic E-state index is 12.2. The van der Waals surface area contributed by atoms with Crippen molar-refractivity contribution in [2.75, 3.05) is 14.2 Å². The zero-order chi connectivity index (χ0) is 18.7. The number of methoxy groups -OCH3 is 2. The van der Waals surface area contributed by atoms with Gasteiger partial charge in [-0.1, -0.05) is 38.1 Å². The molecule has 0 saturated heterocycles. The number of carbonyl (C=O) groups excluding carboxylic acids is 1. The van der Waals surface area contributed by atoms with E-state index in [1.165, 1.54) is 5.56 Å². The summed E-state index contributed by atoms with van der Waals surface area (Å²) in [6.07, 6.45) is 1.72. The molecular formula is C21H21NO4. The average molecular weight is 351 g/mol. The molecule has 1 aliphatic heterocycles. The molecule has 0 bridgehead atoms. The Hall–Kier alpha value is -3.08. The van der Waals surface area contributed by atoms with E-state index in [1.54, 1.807) is 38.5 Å². The van der Waals surface area contributed by atoms with Crippen molar-refractivity contribution in [2.45, 2.75) is 19.8 Å². The Morgan fingerprint density at radius 1 is 1.00 bits per heavy atom. The van der Waals surface area contributed by atoms with Gasteiger partial charge in [0.1, 0.15) is 11.5 Å². The second-order valence-corrected chi connectivity index (χ2v) is 6.26. The number of nitrogens with zero attached hydrogens (tertiary/aromatic N) is 1. The van der Waals surface area contributed by atoms with E-state index < -0.39 is 5.97 Å². The minimum atomic E-state index is -0.477. The lowest BCUT2D eigenvalue weighted by Gasteiger charge is -2.07. The Balaban J connectivity index is 1.91. The van der Waals surface area contributed by atoms with Gasteiger partial charge in [0.25, 0.3) is 0 Å². The second kappa shape index (κ2) is 7.44. The van der Waals surface area contributed by atoms with E-state index in [9.17, 15) is 4.79 Å². The molecule has 134 valence electrons. The molecule has 1 aliphatic rings. The minimum Gasteiger partial charge on any atom is -0.497 e. The number of hydrogen-bond donors (Lipinski definition) is 0. The molecule has 0 aromatic heterocycles. The van der Waals surface area contributed by atoms with Gasteiger partial charge in [-0.25, -0.2) is 9.79 Å². The molecule has 0 fully saturated rings. The van der Waals surface area contributed by atoms with E-state index in [0.717, 1.165) is 5.56 Å². The van der Waals surface area contributed by atoms with Crippen LogP contribution in [0.15, 0.2) is 53.2 Å². The van der Waals surface area contributed by atoms with Crippen LogP contribution in [0.25, 0.3) is 6.08 Å². The van der Waals surface area contributed by atoms with Crippen molar-refractivity contribution >= 4 is 17.9 Å². The number of cyclic esters (lactones) is 1. The lowest BCUT2D eigenvalue weighted by Crippen LogP contribution is -2.06. The minimum absolute atomic E-state index is 0.234. The Labute approximate surface area is 152 Å². The van der Waals surface area contributed by atoms with Gasteiger partial charge in [0, 0.05) is 11.6 Å². The summed E-state index contributed by atoms with van der Waals surface area (Å²) in [6, 6.07) is 13.3. The fourth-order valence-electron chi connectivity index (χ4n) is 2.60. The van der Waals surface area contributed by atoms with E-state index in [0.29, 0.717) is 23.0 Å². The van der Waals surface area contributed by atoms with Gasteiger partial charge in [-0.05, 0) is 35.3 Å². The molecule has 0 aliphatic carbocycles. The zero-order valence-corrected chi connectivity index (χ0v) is 15.3. The molecule has 0 unspecified atom stereocenters. The van der Waals surface area contributed by atoms with Crippen LogP contribution in [0.4, 0.5) is 0 Å². The third-order valence-electron chi connectivity index (χ3n) is 4.13. The maximum Gasteiger partial charge on any atom is 0.363 e. The average Bonchev–Trinajstić information content (AvgIpc) is 3.02. The number of carbonyl (C=O) groups is 1. The highest BCUT2D eigenvalue weighted by Crippen LogP contribution is 2.26. The topological polar surface area (TPSA) is 57.1 Å². The standard InChI is InChI=1S/C21H21NO4/c1-13(2)15-7-5-14(6-8-15)9-19-21(23)26-20(22-19)16-10-17(24-3)12-18(11-16)25-4/h5-13H,1-4H3/b19-9+. The molecule has 2 aromatic rings. The molecule has 26 heavy (non-hydrogen) atoms. The first-order valence-electron chi connectivity index (χ1n) is 8.36. The fourth-order valence-corrected chi connectivity index (χ4v) is 2.60. The van der Waals surface area contributed by atoms with Crippen molar-refractivity contribution in [3.05, 3.63) is 64.9 Å². The lowest BCUT2D eigenvalue weighted by atomic mass is 10.0. The molecule has 1 heterocycles. The third-order valence-corrected chi connectivity index (χ3v) is 4.13. The Kier molecular flexibility index (Phi) is 5.07. The normalized spacial score (nSPS) is 15.2. The summed E-state index contributed by atoms with van der Waals surface area (Å²) in [4.78, 5) is 16.5. The van der Waals surface area contributed by atoms with Crippen LogP contribution in [0.1, 0.15) is 36.5 Å². The second-order valence-electron chi connectivity index (χ2n) is 6.26. The van der Waals surface area contributed by atoms with Crippen LogP contribution in [-0.2, 0) is 9.53 Å². The van der Waals surface area contributed by atoms with Gasteiger partial charge in [-0.3, -0.25) is 0 Å². The van der Waals surface area contributed by atoms with Crippen molar-refractivity contribution in [1.82, 2.24) is 0 Å². The Morgan fingerprint density at radius 2 is 1.62 bits per heavy atom. The molecule has 0 radical (unpaired) electrons. The number of esters is 1. The highest BCUT2D eigenvalue weighted by Gasteiger charge is 2.25. The molecule has 5 heteroatoms. The number of rotatable bonds is 5. The summed E-state index contributed by atoms with van der Waals surface area (Å²) in [6.45, 7) is 4.28. The number of hydrogen-bond acceptors (Lipinski definition) is 5. The first kappa shape index (κ1) is 17.7. The van der Waals surface area contributed by atoms with Crippen LogP contribution in [0.2, 0.25) is 0 Å². The van der Waals surface area contributed by atoms with Crippen molar-refractivity contribution in [2.24, 2.45) is 4.99 Å². The summed E-state index contributed by atoms with van der Waals surface area (Å²) in [7, 11) is 3.13. The van der Waals surface area contributed by atoms with E-state index in [-0.39, 0.29) is 11.6 Å². The molecule has 3 rings (SSSR count). The van der Waals surface area contributed by atoms with Crippen LogP contribution in [0.3, 0.4) is 0 Å². The highest BCUT2D eigenvalue weighted by molar-refractivity contribution is 6.13. The first-order valence-corrected chi connectivity index (χ1v) is 8.36. The Bertz CT molecular complexity index is 857. The first-order chi connectivity index (χ1) is 12.5. The van der Waals surface area contributed by atoms with Crippen molar-refractivity contribution in [3.63, 3.8) is 0 Å². The summed E-state index contributed by atoms with van der Waals surface area (Å²) < 4.78 is 15.8. The van der Waals surface area contributed by atoms with E-state index in [2.05, 4.69) is 31.0 Å². The predicted octanol–water partition coefficient (Wildman–Crippen LogP) is 4.17. The maximum atomic E-state index is 12.2. The fraction of sp³-hybridized carbons (Fsp3) is 0.238. The summed E-state index contributed by atoms with van der Waals surface area (Å²) in [5.74, 6) is 1.41. The number of benzene rings is 2. The van der Waals surface area contributed by atoms with Crippen molar-refractivity contribution in [3.8, 4) is 11.5 Å². The summed E-state index contributed by atoms with van der Waals surface area (Å²) in [5.41, 5.74) is 3.02. The van der Waals surface area contributed by atoms with Crippen LogP contribution >= 0.6 is 0 Å². The molecule has 0 amide bonds. The van der Waals surface area contributed by atoms with Gasteiger partial charge in [0.2, 0.25) is 5.90 Å². The van der Waals surface area contributed by atoms with Crippen LogP contribution in [-0.4, -0.2) is 26.1 Å². The predicted molar refractivity (Wildman–Crippen MR) is 101 cm³/mol. The quantitative estimate of drug-likeness (QED) is 0.599. The molecule has 0 atom stereocenters. The third kappa shape index (κ3) is 3.77. The monoisotopic (exact) mass is 351 g/mol. The summed E-state index contributed by atoms with van der Waals surface area (Å²) in [5, 5.41) is 0. The highest BCUT2D eigenvalue weighted by atomic mass is 16.6. The van der Waals surface area contributed by atoms with E-state index in [4.69, 9.17) is 14.2 Å². The van der Waals surface area contributed by atoms with Gasteiger partial charge >= 0.3 is 5.97 Å². The zero-order valence-electron chi connectivity index (χ0n) is 15.3. The van der Waals surface area contributed by atoms with Crippen molar-refractivity contribution < 1.29 is 19.0 Å². The smallest absolute Gasteiger partial charge is 0.363 e. The van der Waals surface area contributed by atoms with Gasteiger partial charge in [0.15, 0.2) is 5.70 Å². The number of ether oxygens (including phenoxy) is 3. The van der Waals surface area contributed by atoms with Crippen LogP contribution < -0.4 is 9.47 Å². The molecule has 2 aromatic carbocycles. The number of aliphatic imine (C=N–C) groups is 1. The van der Waals surface area contributed by atoms with Gasteiger partial charge in [-0.2, -0.15) is 0 Å². The molecule has 0 N–H and O–H groups in total. The van der Waals surface area contributed by atoms with E-state index >= 15 is 0 Å².